The molecule has 1 amide bonds. The number of methoxy groups -OCH3 is 3. The van der Waals surface area contributed by atoms with E-state index in [1.807, 2.05) is 0 Å². The Morgan fingerprint density at radius 1 is 1.08 bits per heavy atom. The number of anilines is 1. The molecule has 1 aliphatic heterocycles. The quantitative estimate of drug-likeness (QED) is 0.919. The Labute approximate surface area is 145 Å². The number of hydrogen-bond donors (Lipinski definition) is 1. The van der Waals surface area contributed by atoms with Crippen molar-refractivity contribution in [2.24, 2.45) is 0 Å². The minimum absolute atomic E-state index is 0.117. The van der Waals surface area contributed by atoms with Crippen molar-refractivity contribution in [3.63, 3.8) is 0 Å². The van der Waals surface area contributed by atoms with Gasteiger partial charge in [-0.3, -0.25) is 4.79 Å². The van der Waals surface area contributed by atoms with Crippen LogP contribution in [0.2, 0.25) is 0 Å². The van der Waals surface area contributed by atoms with E-state index >= 15 is 0 Å². The first-order valence-corrected chi connectivity index (χ1v) is 7.88. The third-order valence-electron chi connectivity index (χ3n) is 4.46. The summed E-state index contributed by atoms with van der Waals surface area (Å²) in [5.41, 5.74) is 2.79. The van der Waals surface area contributed by atoms with Crippen LogP contribution >= 0.6 is 0 Å². The van der Waals surface area contributed by atoms with Gasteiger partial charge in [0.1, 0.15) is 5.82 Å². The molecule has 0 fully saturated rings. The molecule has 0 spiro atoms. The molecule has 0 saturated heterocycles. The van der Waals surface area contributed by atoms with Crippen molar-refractivity contribution < 1.29 is 23.4 Å². The van der Waals surface area contributed by atoms with E-state index in [1.165, 1.54) is 20.3 Å². The van der Waals surface area contributed by atoms with Crippen molar-refractivity contribution in [3.8, 4) is 17.2 Å². The summed E-state index contributed by atoms with van der Waals surface area (Å²) in [6.45, 7) is 1.70. The lowest BCUT2D eigenvalue weighted by molar-refractivity contribution is -0.116. The smallest absolute Gasteiger partial charge is 0.225 e. The number of carbonyl (C=O) groups is 1. The van der Waals surface area contributed by atoms with Gasteiger partial charge in [-0.2, -0.15) is 0 Å². The Morgan fingerprint density at radius 3 is 2.40 bits per heavy atom. The van der Waals surface area contributed by atoms with Crippen LogP contribution in [-0.2, 0) is 4.79 Å². The molecular weight excluding hydrogens is 325 g/mol. The zero-order valence-corrected chi connectivity index (χ0v) is 14.6. The molecule has 132 valence electrons. The fourth-order valence-electron chi connectivity index (χ4n) is 3.29. The number of nitrogens with one attached hydrogen (secondary N) is 1. The first-order valence-electron chi connectivity index (χ1n) is 7.88. The number of halogens is 1. The molecule has 0 saturated carbocycles. The van der Waals surface area contributed by atoms with Crippen LogP contribution in [0.25, 0.3) is 0 Å². The predicted molar refractivity (Wildman–Crippen MR) is 92.3 cm³/mol. The van der Waals surface area contributed by atoms with Gasteiger partial charge in [-0.25, -0.2) is 4.39 Å². The molecule has 2 aromatic rings. The first-order chi connectivity index (χ1) is 12.0. The zero-order valence-electron chi connectivity index (χ0n) is 14.6. The minimum Gasteiger partial charge on any atom is -0.493 e. The molecule has 1 heterocycles. The Morgan fingerprint density at radius 2 is 1.80 bits per heavy atom. The number of aryl methyl sites for hydroxylation is 1. The van der Waals surface area contributed by atoms with Gasteiger partial charge in [-0.1, -0.05) is 12.1 Å². The van der Waals surface area contributed by atoms with Gasteiger partial charge in [0.2, 0.25) is 11.7 Å². The van der Waals surface area contributed by atoms with Gasteiger partial charge in [0.05, 0.1) is 27.0 Å². The van der Waals surface area contributed by atoms with Crippen LogP contribution in [0.5, 0.6) is 17.2 Å². The molecule has 0 aliphatic carbocycles. The highest BCUT2D eigenvalue weighted by atomic mass is 19.1. The number of fused-ring (bicyclic) bond motifs is 1. The number of ether oxygens (including phenoxy) is 3. The van der Waals surface area contributed by atoms with Crippen molar-refractivity contribution in [2.45, 2.75) is 19.3 Å². The van der Waals surface area contributed by atoms with Gasteiger partial charge < -0.3 is 19.5 Å². The van der Waals surface area contributed by atoms with E-state index in [0.29, 0.717) is 28.5 Å². The van der Waals surface area contributed by atoms with Crippen molar-refractivity contribution in [2.75, 3.05) is 26.6 Å². The molecule has 1 aliphatic rings. The lowest BCUT2D eigenvalue weighted by atomic mass is 9.83. The SMILES string of the molecule is COc1cc2c(c(OC)c1OC)C(c1ccc(F)c(C)c1)CC(=O)N2. The Hall–Kier alpha value is -2.76. The second-order valence-corrected chi connectivity index (χ2v) is 5.92. The fraction of sp³-hybridized carbons (Fsp3) is 0.316. The van der Waals surface area contributed by atoms with Crippen molar-refractivity contribution in [1.29, 1.82) is 0 Å². The molecule has 1 unspecified atom stereocenters. The van der Waals surface area contributed by atoms with E-state index in [2.05, 4.69) is 5.32 Å². The standard InChI is InChI=1S/C19H20FNO4/c1-10-7-11(5-6-13(10)20)12-8-16(22)21-14-9-15(23-2)18(24-3)19(25-4)17(12)14/h5-7,9,12H,8H2,1-4H3,(H,21,22). The molecule has 0 bridgehead atoms. The molecule has 25 heavy (non-hydrogen) atoms. The molecular formula is C19H20FNO4. The highest BCUT2D eigenvalue weighted by molar-refractivity contribution is 5.97. The number of amides is 1. The van der Waals surface area contributed by atoms with E-state index < -0.39 is 0 Å². The van der Waals surface area contributed by atoms with E-state index in [1.54, 1.807) is 32.2 Å². The van der Waals surface area contributed by atoms with Gasteiger partial charge >= 0.3 is 0 Å². The monoisotopic (exact) mass is 345 g/mol. The number of hydrogen-bond acceptors (Lipinski definition) is 4. The zero-order chi connectivity index (χ0) is 18.1. The third kappa shape index (κ3) is 2.88. The van der Waals surface area contributed by atoms with Crippen molar-refractivity contribution >= 4 is 11.6 Å². The Bertz CT molecular complexity index is 835. The molecule has 6 heteroatoms. The predicted octanol–water partition coefficient (Wildman–Crippen LogP) is 3.63. The maximum absolute atomic E-state index is 13.7. The minimum atomic E-state index is -0.275. The topological polar surface area (TPSA) is 56.8 Å². The van der Waals surface area contributed by atoms with Crippen LogP contribution in [0.4, 0.5) is 10.1 Å². The van der Waals surface area contributed by atoms with Gasteiger partial charge in [0.25, 0.3) is 0 Å². The van der Waals surface area contributed by atoms with E-state index in [-0.39, 0.29) is 24.1 Å². The average Bonchev–Trinajstić information content (AvgIpc) is 2.61. The van der Waals surface area contributed by atoms with Gasteiger partial charge in [0, 0.05) is 24.0 Å². The summed E-state index contributed by atoms with van der Waals surface area (Å²) in [6.07, 6.45) is 0.240. The lowest BCUT2D eigenvalue weighted by Gasteiger charge is -2.29. The summed E-state index contributed by atoms with van der Waals surface area (Å²) in [5, 5.41) is 2.86. The number of rotatable bonds is 4. The molecule has 1 atom stereocenters. The van der Waals surface area contributed by atoms with Crippen LogP contribution in [0, 0.1) is 12.7 Å². The second kappa shape index (κ2) is 6.63. The summed E-state index contributed by atoms with van der Waals surface area (Å²) >= 11 is 0. The van der Waals surface area contributed by atoms with Crippen LogP contribution in [0.3, 0.4) is 0 Å². The normalized spacial score (nSPS) is 16.0. The van der Waals surface area contributed by atoms with Crippen molar-refractivity contribution in [1.82, 2.24) is 0 Å². The molecule has 0 aromatic heterocycles. The van der Waals surface area contributed by atoms with Crippen LogP contribution in [0.1, 0.15) is 29.0 Å². The average molecular weight is 345 g/mol. The summed E-state index contributed by atoms with van der Waals surface area (Å²) in [4.78, 5) is 12.2. The van der Waals surface area contributed by atoms with Gasteiger partial charge in [-0.15, -0.1) is 0 Å². The molecule has 3 rings (SSSR count). The Kier molecular flexibility index (Phi) is 4.53. The van der Waals surface area contributed by atoms with Crippen LogP contribution < -0.4 is 19.5 Å². The van der Waals surface area contributed by atoms with Gasteiger partial charge in [-0.05, 0) is 24.1 Å². The maximum atomic E-state index is 13.7. The highest BCUT2D eigenvalue weighted by Crippen LogP contribution is 2.51. The summed E-state index contributed by atoms with van der Waals surface area (Å²) in [5.74, 6) is 0.775. The van der Waals surface area contributed by atoms with Gasteiger partial charge in [0.15, 0.2) is 11.5 Å². The maximum Gasteiger partial charge on any atom is 0.225 e. The van der Waals surface area contributed by atoms with E-state index in [9.17, 15) is 9.18 Å². The lowest BCUT2D eigenvalue weighted by Crippen LogP contribution is -2.24. The highest BCUT2D eigenvalue weighted by Gasteiger charge is 2.33. The fourth-order valence-corrected chi connectivity index (χ4v) is 3.29. The van der Waals surface area contributed by atoms with E-state index in [4.69, 9.17) is 14.2 Å². The largest absolute Gasteiger partial charge is 0.493 e. The Balaban J connectivity index is 2.25. The molecule has 1 N–H and O–H groups in total. The van der Waals surface area contributed by atoms with Crippen molar-refractivity contribution in [3.05, 3.63) is 46.8 Å². The van der Waals surface area contributed by atoms with E-state index in [0.717, 1.165) is 11.1 Å². The molecule has 2 aromatic carbocycles. The summed E-state index contributed by atoms with van der Waals surface area (Å²) < 4.78 is 30.1. The number of benzene rings is 2. The number of carbonyl (C=O) groups excluding carboxylic acids is 1. The summed E-state index contributed by atoms with van der Waals surface area (Å²) in [7, 11) is 4.60. The van der Waals surface area contributed by atoms with Crippen LogP contribution in [-0.4, -0.2) is 27.2 Å². The molecule has 5 nitrogen and oxygen atoms in total. The van der Waals surface area contributed by atoms with Crippen LogP contribution in [0.15, 0.2) is 24.3 Å². The first kappa shape index (κ1) is 17.1. The second-order valence-electron chi connectivity index (χ2n) is 5.92. The summed E-state index contributed by atoms with van der Waals surface area (Å²) in [6, 6.07) is 6.60. The third-order valence-corrected chi connectivity index (χ3v) is 4.46. The molecule has 0 radical (unpaired) electrons.